The van der Waals surface area contributed by atoms with Crippen molar-refractivity contribution < 1.29 is 4.79 Å². The molecule has 106 valence electrons. The number of hydrogen-bond acceptors (Lipinski definition) is 4. The first kappa shape index (κ1) is 13.9. The van der Waals surface area contributed by atoms with Crippen LogP contribution in [0.1, 0.15) is 28.9 Å². The van der Waals surface area contributed by atoms with E-state index in [4.69, 9.17) is 5.73 Å². The van der Waals surface area contributed by atoms with Crippen LogP contribution in [0.25, 0.3) is 0 Å². The summed E-state index contributed by atoms with van der Waals surface area (Å²) >= 11 is 0. The zero-order valence-corrected chi connectivity index (χ0v) is 11.8. The first-order valence-corrected chi connectivity index (χ1v) is 6.35. The van der Waals surface area contributed by atoms with Crippen molar-refractivity contribution in [1.82, 2.24) is 15.1 Å². The summed E-state index contributed by atoms with van der Waals surface area (Å²) in [6.45, 7) is 2.00. The Labute approximate surface area is 118 Å². The Morgan fingerprint density at radius 1 is 1.45 bits per heavy atom. The van der Waals surface area contributed by atoms with Gasteiger partial charge in [-0.1, -0.05) is 0 Å². The highest BCUT2D eigenvalue weighted by Crippen LogP contribution is 2.25. The molecule has 0 aliphatic heterocycles. The number of nitrogens with zero attached hydrogens (tertiary/aromatic N) is 2. The zero-order chi connectivity index (χ0) is 14.7. The van der Waals surface area contributed by atoms with Crippen molar-refractivity contribution in [3.8, 4) is 0 Å². The molecule has 2 rings (SSSR count). The van der Waals surface area contributed by atoms with E-state index in [1.807, 2.05) is 13.1 Å². The molecule has 0 spiro atoms. The van der Waals surface area contributed by atoms with Crippen LogP contribution >= 0.6 is 0 Å². The van der Waals surface area contributed by atoms with Crippen molar-refractivity contribution >= 4 is 17.3 Å². The quantitative estimate of drug-likeness (QED) is 0.742. The molecule has 2 aromatic rings. The highest BCUT2D eigenvalue weighted by molar-refractivity contribution is 6.00. The Morgan fingerprint density at radius 3 is 2.80 bits per heavy atom. The number of nitrogens with one attached hydrogen (secondary N) is 2. The fraction of sp³-hybridized carbons (Fsp3) is 0.286. The standard InChI is InChI=1S/C14H19N5O/c1-9(10-7-16-17-8-10)18-13-6-11(15)4-5-12(13)14(20)19(2)3/h4-9,18H,15H2,1-3H3,(H,16,17). The summed E-state index contributed by atoms with van der Waals surface area (Å²) in [6.07, 6.45) is 3.56. The predicted molar refractivity (Wildman–Crippen MR) is 79.5 cm³/mol. The molecule has 0 saturated carbocycles. The zero-order valence-electron chi connectivity index (χ0n) is 11.8. The van der Waals surface area contributed by atoms with Crippen LogP contribution in [-0.2, 0) is 0 Å². The van der Waals surface area contributed by atoms with E-state index in [1.54, 1.807) is 43.4 Å². The number of benzene rings is 1. The number of anilines is 2. The second-order valence-corrected chi connectivity index (χ2v) is 4.90. The van der Waals surface area contributed by atoms with Gasteiger partial charge in [-0.2, -0.15) is 5.10 Å². The number of carbonyl (C=O) groups is 1. The molecule has 1 amide bonds. The van der Waals surface area contributed by atoms with Gasteiger partial charge in [-0.15, -0.1) is 0 Å². The van der Waals surface area contributed by atoms with E-state index in [0.717, 1.165) is 11.3 Å². The van der Waals surface area contributed by atoms with Crippen LogP contribution in [0.5, 0.6) is 0 Å². The average molecular weight is 273 g/mol. The minimum atomic E-state index is -0.0631. The van der Waals surface area contributed by atoms with Crippen molar-refractivity contribution in [2.24, 2.45) is 0 Å². The first-order valence-electron chi connectivity index (χ1n) is 6.35. The molecule has 6 nitrogen and oxygen atoms in total. The van der Waals surface area contributed by atoms with Crippen molar-refractivity contribution in [2.45, 2.75) is 13.0 Å². The van der Waals surface area contributed by atoms with E-state index >= 15 is 0 Å². The summed E-state index contributed by atoms with van der Waals surface area (Å²) in [5, 5.41) is 10.00. The van der Waals surface area contributed by atoms with E-state index in [9.17, 15) is 4.79 Å². The Balaban J connectivity index is 2.30. The SMILES string of the molecule is CC(Nc1cc(N)ccc1C(=O)N(C)C)c1cn[nH]c1. The average Bonchev–Trinajstić information content (AvgIpc) is 2.92. The summed E-state index contributed by atoms with van der Waals surface area (Å²) in [7, 11) is 3.45. The number of nitrogen functional groups attached to an aromatic ring is 1. The van der Waals surface area contributed by atoms with Crippen LogP contribution in [0.3, 0.4) is 0 Å². The highest BCUT2D eigenvalue weighted by atomic mass is 16.2. The maximum atomic E-state index is 12.2. The number of carbonyl (C=O) groups excluding carboxylic acids is 1. The van der Waals surface area contributed by atoms with Gasteiger partial charge in [-0.3, -0.25) is 9.89 Å². The van der Waals surface area contributed by atoms with E-state index in [0.29, 0.717) is 11.3 Å². The van der Waals surface area contributed by atoms with Gasteiger partial charge in [0.05, 0.1) is 17.8 Å². The second-order valence-electron chi connectivity index (χ2n) is 4.90. The third-order valence-corrected chi connectivity index (χ3v) is 3.07. The van der Waals surface area contributed by atoms with E-state index < -0.39 is 0 Å². The minimum Gasteiger partial charge on any atom is -0.399 e. The summed E-state index contributed by atoms with van der Waals surface area (Å²) in [5.41, 5.74) is 8.75. The maximum absolute atomic E-state index is 12.2. The largest absolute Gasteiger partial charge is 0.399 e. The van der Waals surface area contributed by atoms with Gasteiger partial charge >= 0.3 is 0 Å². The van der Waals surface area contributed by atoms with Crippen LogP contribution in [0.15, 0.2) is 30.6 Å². The Kier molecular flexibility index (Phi) is 3.93. The lowest BCUT2D eigenvalue weighted by molar-refractivity contribution is 0.0828. The Bertz CT molecular complexity index is 592. The molecule has 1 atom stereocenters. The van der Waals surface area contributed by atoms with Crippen molar-refractivity contribution in [1.29, 1.82) is 0 Å². The number of aromatic amines is 1. The molecule has 6 heteroatoms. The molecule has 0 aliphatic rings. The van der Waals surface area contributed by atoms with Crippen molar-refractivity contribution in [3.05, 3.63) is 41.7 Å². The van der Waals surface area contributed by atoms with Crippen LogP contribution in [0.4, 0.5) is 11.4 Å². The third-order valence-electron chi connectivity index (χ3n) is 3.07. The van der Waals surface area contributed by atoms with Crippen LogP contribution in [0, 0.1) is 0 Å². The minimum absolute atomic E-state index is 0.0178. The van der Waals surface area contributed by atoms with Crippen LogP contribution in [-0.4, -0.2) is 35.1 Å². The number of rotatable bonds is 4. The molecule has 1 aromatic heterocycles. The topological polar surface area (TPSA) is 87.0 Å². The molecule has 0 fully saturated rings. The van der Waals surface area contributed by atoms with Crippen LogP contribution in [0.2, 0.25) is 0 Å². The number of nitrogens with two attached hydrogens (primary N) is 1. The molecular formula is C14H19N5O. The van der Waals surface area contributed by atoms with Crippen molar-refractivity contribution in [2.75, 3.05) is 25.1 Å². The Morgan fingerprint density at radius 2 is 2.20 bits per heavy atom. The van der Waals surface area contributed by atoms with E-state index in [1.165, 1.54) is 0 Å². The predicted octanol–water partition coefficient (Wildman–Crippen LogP) is 1.87. The lowest BCUT2D eigenvalue weighted by Crippen LogP contribution is -2.23. The van der Waals surface area contributed by atoms with E-state index in [-0.39, 0.29) is 11.9 Å². The van der Waals surface area contributed by atoms with Crippen LogP contribution < -0.4 is 11.1 Å². The monoisotopic (exact) mass is 273 g/mol. The molecule has 0 aliphatic carbocycles. The highest BCUT2D eigenvalue weighted by Gasteiger charge is 2.16. The molecule has 1 unspecified atom stereocenters. The lowest BCUT2D eigenvalue weighted by Gasteiger charge is -2.19. The van der Waals surface area contributed by atoms with Gasteiger partial charge in [0.25, 0.3) is 5.91 Å². The van der Waals surface area contributed by atoms with Crippen molar-refractivity contribution in [3.63, 3.8) is 0 Å². The molecule has 1 aromatic carbocycles. The summed E-state index contributed by atoms with van der Waals surface area (Å²) in [6, 6.07) is 5.25. The van der Waals surface area contributed by atoms with Gasteiger partial charge in [-0.25, -0.2) is 0 Å². The molecule has 4 N–H and O–H groups in total. The molecule has 0 bridgehead atoms. The number of hydrogen-bond donors (Lipinski definition) is 3. The molecule has 0 radical (unpaired) electrons. The molecular weight excluding hydrogens is 254 g/mol. The molecule has 20 heavy (non-hydrogen) atoms. The molecule has 1 heterocycles. The van der Waals surface area contributed by atoms with Gasteiger partial charge in [0.15, 0.2) is 0 Å². The summed E-state index contributed by atoms with van der Waals surface area (Å²) in [5.74, 6) is -0.0631. The maximum Gasteiger partial charge on any atom is 0.255 e. The van der Waals surface area contributed by atoms with Gasteiger partial charge in [0, 0.05) is 37.2 Å². The fourth-order valence-corrected chi connectivity index (χ4v) is 1.92. The fourth-order valence-electron chi connectivity index (χ4n) is 1.92. The smallest absolute Gasteiger partial charge is 0.255 e. The molecule has 0 saturated heterocycles. The van der Waals surface area contributed by atoms with E-state index in [2.05, 4.69) is 15.5 Å². The van der Waals surface area contributed by atoms with Gasteiger partial charge < -0.3 is 16.0 Å². The first-order chi connectivity index (χ1) is 9.49. The summed E-state index contributed by atoms with van der Waals surface area (Å²) < 4.78 is 0. The normalized spacial score (nSPS) is 11.9. The number of H-pyrrole nitrogens is 1. The van der Waals surface area contributed by atoms with Gasteiger partial charge in [0.2, 0.25) is 0 Å². The number of amides is 1. The number of aromatic nitrogens is 2. The van der Waals surface area contributed by atoms with Gasteiger partial charge in [0.1, 0.15) is 0 Å². The lowest BCUT2D eigenvalue weighted by atomic mass is 10.1. The Hall–Kier alpha value is -2.50. The second kappa shape index (κ2) is 5.64. The third kappa shape index (κ3) is 2.90. The summed E-state index contributed by atoms with van der Waals surface area (Å²) in [4.78, 5) is 13.7. The van der Waals surface area contributed by atoms with Gasteiger partial charge in [-0.05, 0) is 25.1 Å².